The third kappa shape index (κ3) is 2.37. The second-order valence-corrected chi connectivity index (χ2v) is 2.89. The third-order valence-corrected chi connectivity index (χ3v) is 1.59. The minimum atomic E-state index is 0.0671. The molecule has 0 saturated carbocycles. The average Bonchev–Trinajstić information content (AvgIpc) is 2.03. The number of allylic oxidation sites excluding steroid dienone is 2. The van der Waals surface area contributed by atoms with Gasteiger partial charge in [0.15, 0.2) is 0 Å². The van der Waals surface area contributed by atoms with E-state index in [-0.39, 0.29) is 11.5 Å². The molecule has 0 atom stereocenters. The Hall–Kier alpha value is -1.70. The molecule has 0 aliphatic heterocycles. The predicted molar refractivity (Wildman–Crippen MR) is 53.6 cm³/mol. The molecule has 68 valence electrons. The molecule has 0 saturated heterocycles. The van der Waals surface area contributed by atoms with Crippen LogP contribution in [0.1, 0.15) is 12.5 Å². The first-order chi connectivity index (χ1) is 6.11. The summed E-state index contributed by atoms with van der Waals surface area (Å²) in [5.41, 5.74) is 1.29. The van der Waals surface area contributed by atoms with E-state index in [1.165, 1.54) is 12.1 Å². The molecular weight excluding hydrogens is 164 g/mol. The van der Waals surface area contributed by atoms with Crippen molar-refractivity contribution in [2.24, 2.45) is 0 Å². The Kier molecular flexibility index (Phi) is 2.75. The molecule has 0 aliphatic rings. The summed E-state index contributed by atoms with van der Waals surface area (Å²) in [7, 11) is 0. The van der Waals surface area contributed by atoms with Gasteiger partial charge >= 0.3 is 0 Å². The van der Waals surface area contributed by atoms with E-state index in [9.17, 15) is 10.2 Å². The third-order valence-electron chi connectivity index (χ3n) is 1.59. The quantitative estimate of drug-likeness (QED) is 0.680. The molecular formula is C11H12O2. The summed E-state index contributed by atoms with van der Waals surface area (Å²) in [5.74, 6) is 0.134. The first kappa shape index (κ1) is 9.39. The molecule has 0 aliphatic carbocycles. The number of aromatic hydroxyl groups is 2. The molecule has 1 aromatic rings. The molecule has 0 radical (unpaired) electrons. The average molecular weight is 176 g/mol. The molecule has 0 fully saturated rings. The van der Waals surface area contributed by atoms with Gasteiger partial charge in [0.1, 0.15) is 11.5 Å². The Morgan fingerprint density at radius 2 is 1.85 bits per heavy atom. The minimum Gasteiger partial charge on any atom is -0.507 e. The van der Waals surface area contributed by atoms with Crippen molar-refractivity contribution in [3.63, 3.8) is 0 Å². The summed E-state index contributed by atoms with van der Waals surface area (Å²) in [6.45, 7) is 5.52. The number of hydrogen-bond acceptors (Lipinski definition) is 2. The van der Waals surface area contributed by atoms with Gasteiger partial charge in [0.25, 0.3) is 0 Å². The summed E-state index contributed by atoms with van der Waals surface area (Å²) >= 11 is 0. The fourth-order valence-corrected chi connectivity index (χ4v) is 0.938. The van der Waals surface area contributed by atoms with E-state index in [1.807, 2.05) is 6.92 Å². The van der Waals surface area contributed by atoms with Crippen molar-refractivity contribution in [3.8, 4) is 11.5 Å². The predicted octanol–water partition coefficient (Wildman–Crippen LogP) is 2.69. The standard InChI is InChI=1S/C11H12O2/c1-8(2)6-7-9-10(12)4-3-5-11(9)13/h3-7,12-13H,1H2,2H3. The van der Waals surface area contributed by atoms with Crippen LogP contribution in [0, 0.1) is 0 Å². The first-order valence-corrected chi connectivity index (χ1v) is 3.96. The minimum absolute atomic E-state index is 0.0671. The number of phenolic OH excluding ortho intramolecular Hbond substituents is 2. The van der Waals surface area contributed by atoms with Gasteiger partial charge in [-0.1, -0.05) is 24.3 Å². The maximum absolute atomic E-state index is 9.36. The Morgan fingerprint density at radius 3 is 2.31 bits per heavy atom. The molecule has 0 aromatic heterocycles. The maximum Gasteiger partial charge on any atom is 0.126 e. The Bertz CT molecular complexity index is 331. The molecule has 0 unspecified atom stereocenters. The highest BCUT2D eigenvalue weighted by Gasteiger charge is 2.01. The van der Waals surface area contributed by atoms with Crippen LogP contribution in [0.25, 0.3) is 6.08 Å². The summed E-state index contributed by atoms with van der Waals surface area (Å²) in [6, 6.07) is 4.64. The Balaban J connectivity index is 3.06. The van der Waals surface area contributed by atoms with E-state index >= 15 is 0 Å². The highest BCUT2D eigenvalue weighted by molar-refractivity contribution is 5.64. The van der Waals surface area contributed by atoms with Gasteiger partial charge in [-0.05, 0) is 25.1 Å². The van der Waals surface area contributed by atoms with E-state index in [0.717, 1.165) is 5.57 Å². The molecule has 0 spiro atoms. The van der Waals surface area contributed by atoms with Crippen LogP contribution in [0.5, 0.6) is 11.5 Å². The van der Waals surface area contributed by atoms with Gasteiger partial charge in [-0.3, -0.25) is 0 Å². The summed E-state index contributed by atoms with van der Waals surface area (Å²) in [6.07, 6.45) is 3.36. The molecule has 13 heavy (non-hydrogen) atoms. The van der Waals surface area contributed by atoms with Crippen molar-refractivity contribution < 1.29 is 10.2 Å². The molecule has 1 aromatic carbocycles. The second kappa shape index (κ2) is 3.81. The molecule has 1 rings (SSSR count). The molecule has 0 amide bonds. The number of phenols is 2. The molecule has 2 N–H and O–H groups in total. The summed E-state index contributed by atoms with van der Waals surface area (Å²) < 4.78 is 0. The van der Waals surface area contributed by atoms with Crippen LogP contribution in [0.15, 0.2) is 36.4 Å². The van der Waals surface area contributed by atoms with Gasteiger partial charge in [0, 0.05) is 0 Å². The van der Waals surface area contributed by atoms with Crippen LogP contribution in [0.4, 0.5) is 0 Å². The van der Waals surface area contributed by atoms with Crippen molar-refractivity contribution in [1.82, 2.24) is 0 Å². The van der Waals surface area contributed by atoms with Gasteiger partial charge < -0.3 is 10.2 Å². The van der Waals surface area contributed by atoms with Crippen LogP contribution in [-0.2, 0) is 0 Å². The van der Waals surface area contributed by atoms with E-state index in [4.69, 9.17) is 0 Å². The van der Waals surface area contributed by atoms with E-state index in [0.29, 0.717) is 5.56 Å². The van der Waals surface area contributed by atoms with Crippen LogP contribution in [0.3, 0.4) is 0 Å². The monoisotopic (exact) mass is 176 g/mol. The van der Waals surface area contributed by atoms with Crippen LogP contribution >= 0.6 is 0 Å². The van der Waals surface area contributed by atoms with Crippen molar-refractivity contribution in [2.75, 3.05) is 0 Å². The van der Waals surface area contributed by atoms with Gasteiger partial charge in [0.05, 0.1) is 5.56 Å². The molecule has 2 nitrogen and oxygen atoms in total. The fraction of sp³-hybridized carbons (Fsp3) is 0.0909. The number of hydrogen-bond donors (Lipinski definition) is 2. The normalized spacial score (nSPS) is 10.5. The van der Waals surface area contributed by atoms with Gasteiger partial charge in [-0.25, -0.2) is 0 Å². The van der Waals surface area contributed by atoms with E-state index < -0.39 is 0 Å². The highest BCUT2D eigenvalue weighted by atomic mass is 16.3. The summed E-state index contributed by atoms with van der Waals surface area (Å²) in [5, 5.41) is 18.7. The number of benzene rings is 1. The van der Waals surface area contributed by atoms with Gasteiger partial charge in [-0.2, -0.15) is 0 Å². The largest absolute Gasteiger partial charge is 0.507 e. The van der Waals surface area contributed by atoms with Crippen LogP contribution < -0.4 is 0 Å². The van der Waals surface area contributed by atoms with Crippen molar-refractivity contribution in [3.05, 3.63) is 42.0 Å². The van der Waals surface area contributed by atoms with Gasteiger partial charge in [-0.15, -0.1) is 0 Å². The fourth-order valence-electron chi connectivity index (χ4n) is 0.938. The second-order valence-electron chi connectivity index (χ2n) is 2.89. The lowest BCUT2D eigenvalue weighted by Crippen LogP contribution is -1.76. The number of rotatable bonds is 2. The summed E-state index contributed by atoms with van der Waals surface area (Å²) in [4.78, 5) is 0. The zero-order chi connectivity index (χ0) is 9.84. The smallest absolute Gasteiger partial charge is 0.126 e. The van der Waals surface area contributed by atoms with Crippen LogP contribution in [-0.4, -0.2) is 10.2 Å². The van der Waals surface area contributed by atoms with Crippen molar-refractivity contribution >= 4 is 6.08 Å². The van der Waals surface area contributed by atoms with Crippen molar-refractivity contribution in [1.29, 1.82) is 0 Å². The molecule has 0 bridgehead atoms. The molecule has 2 heteroatoms. The zero-order valence-corrected chi connectivity index (χ0v) is 7.49. The lowest BCUT2D eigenvalue weighted by atomic mass is 10.1. The lowest BCUT2D eigenvalue weighted by Gasteiger charge is -2.00. The highest BCUT2D eigenvalue weighted by Crippen LogP contribution is 2.27. The maximum atomic E-state index is 9.36. The Morgan fingerprint density at radius 1 is 1.31 bits per heavy atom. The van der Waals surface area contributed by atoms with Crippen LogP contribution in [0.2, 0.25) is 0 Å². The lowest BCUT2D eigenvalue weighted by molar-refractivity contribution is 0.448. The molecule has 0 heterocycles. The topological polar surface area (TPSA) is 40.5 Å². The van der Waals surface area contributed by atoms with E-state index in [1.54, 1.807) is 18.2 Å². The Labute approximate surface area is 77.5 Å². The zero-order valence-electron chi connectivity index (χ0n) is 7.49. The van der Waals surface area contributed by atoms with E-state index in [2.05, 4.69) is 6.58 Å². The SMILES string of the molecule is C=C(C)C=Cc1c(O)cccc1O. The first-order valence-electron chi connectivity index (χ1n) is 3.96. The van der Waals surface area contributed by atoms with Gasteiger partial charge in [0.2, 0.25) is 0 Å². The van der Waals surface area contributed by atoms with Crippen molar-refractivity contribution in [2.45, 2.75) is 6.92 Å².